The van der Waals surface area contributed by atoms with Crippen LogP contribution in [0.1, 0.15) is 32.4 Å². The average molecular weight is 300 g/mol. The van der Waals surface area contributed by atoms with Gasteiger partial charge in [-0.1, -0.05) is 25.2 Å². The molecular weight excluding hydrogens is 280 g/mol. The number of hydrogen-bond acceptors (Lipinski definition) is 4. The van der Waals surface area contributed by atoms with E-state index in [1.165, 1.54) is 0 Å². The Morgan fingerprint density at radius 2 is 2.10 bits per heavy atom. The molecule has 0 aliphatic heterocycles. The van der Waals surface area contributed by atoms with Crippen LogP contribution in [0.5, 0.6) is 0 Å². The van der Waals surface area contributed by atoms with Gasteiger partial charge < -0.3 is 15.0 Å². The first kappa shape index (κ1) is 16.4. The summed E-state index contributed by atoms with van der Waals surface area (Å²) in [6, 6.07) is -0.867. The summed E-state index contributed by atoms with van der Waals surface area (Å²) in [5.74, 6) is -1.50. The van der Waals surface area contributed by atoms with Crippen LogP contribution in [0, 0.1) is 12.8 Å². The fourth-order valence-electron chi connectivity index (χ4n) is 1.83. The second-order valence-electron chi connectivity index (χ2n) is 5.03. The Balaban J connectivity index is 2.44. The van der Waals surface area contributed by atoms with Gasteiger partial charge in [-0.25, -0.2) is 4.79 Å². The van der Waals surface area contributed by atoms with Crippen molar-refractivity contribution < 1.29 is 14.7 Å². The second-order valence-corrected chi connectivity index (χ2v) is 5.85. The van der Waals surface area contributed by atoms with Gasteiger partial charge in [0.1, 0.15) is 6.04 Å². The number of carbonyl (C=O) groups excluding carboxylic acids is 1. The Kier molecular flexibility index (Phi) is 5.94. The van der Waals surface area contributed by atoms with Gasteiger partial charge in [0, 0.05) is 24.0 Å². The van der Waals surface area contributed by atoms with E-state index >= 15 is 0 Å². The van der Waals surface area contributed by atoms with E-state index < -0.39 is 12.0 Å². The lowest BCUT2D eigenvalue weighted by molar-refractivity contribution is -0.143. The highest BCUT2D eigenvalue weighted by atomic mass is 32.1. The summed E-state index contributed by atoms with van der Waals surface area (Å²) in [5, 5.41) is 13.3. The minimum Gasteiger partial charge on any atom is -0.480 e. The standard InChI is InChI=1S/C13H20N2O4S/c1-8(2)11(12(17)18)14-10(16)5-4-6-15-9(3)7-20-13(15)19/h7-8,11H,4-6H2,1-3H3,(H,14,16)(H,17,18)/t11-/m1/s1. The zero-order valence-electron chi connectivity index (χ0n) is 11.9. The fourth-order valence-corrected chi connectivity index (χ4v) is 2.59. The number of carbonyl (C=O) groups is 2. The smallest absolute Gasteiger partial charge is 0.326 e. The molecule has 1 aromatic heterocycles. The van der Waals surface area contributed by atoms with Crippen LogP contribution in [-0.4, -0.2) is 27.6 Å². The van der Waals surface area contributed by atoms with E-state index in [9.17, 15) is 14.4 Å². The van der Waals surface area contributed by atoms with Gasteiger partial charge in [0.25, 0.3) is 0 Å². The number of aromatic nitrogens is 1. The molecule has 1 heterocycles. The van der Waals surface area contributed by atoms with E-state index in [-0.39, 0.29) is 23.1 Å². The molecule has 0 saturated heterocycles. The Bertz CT molecular complexity index is 533. The van der Waals surface area contributed by atoms with Crippen LogP contribution in [0.2, 0.25) is 0 Å². The largest absolute Gasteiger partial charge is 0.480 e. The first-order chi connectivity index (χ1) is 9.32. The molecular formula is C13H20N2O4S. The molecule has 0 saturated carbocycles. The molecule has 1 rings (SSSR count). The van der Waals surface area contributed by atoms with E-state index in [1.54, 1.807) is 23.8 Å². The summed E-state index contributed by atoms with van der Waals surface area (Å²) >= 11 is 1.14. The Morgan fingerprint density at radius 1 is 1.45 bits per heavy atom. The molecule has 0 aliphatic carbocycles. The molecule has 0 fully saturated rings. The van der Waals surface area contributed by atoms with E-state index in [2.05, 4.69) is 5.32 Å². The number of aliphatic carboxylic acids is 1. The molecule has 0 unspecified atom stereocenters. The van der Waals surface area contributed by atoms with E-state index in [4.69, 9.17) is 5.11 Å². The van der Waals surface area contributed by atoms with Crippen molar-refractivity contribution in [3.05, 3.63) is 20.7 Å². The molecule has 1 amide bonds. The third-order valence-electron chi connectivity index (χ3n) is 3.01. The molecule has 0 spiro atoms. The number of thiazole rings is 1. The van der Waals surface area contributed by atoms with Gasteiger partial charge >= 0.3 is 10.8 Å². The molecule has 7 heteroatoms. The van der Waals surface area contributed by atoms with Crippen LogP contribution in [0.4, 0.5) is 0 Å². The molecule has 0 radical (unpaired) electrons. The normalized spacial score (nSPS) is 12.4. The maximum absolute atomic E-state index is 11.7. The Morgan fingerprint density at radius 3 is 2.55 bits per heavy atom. The summed E-state index contributed by atoms with van der Waals surface area (Å²) in [6.45, 7) is 5.80. The predicted molar refractivity (Wildman–Crippen MR) is 77.0 cm³/mol. The number of amides is 1. The van der Waals surface area contributed by atoms with Gasteiger partial charge in [0.05, 0.1) is 0 Å². The number of hydrogen-bond donors (Lipinski definition) is 2. The maximum atomic E-state index is 11.7. The zero-order valence-corrected chi connectivity index (χ0v) is 12.7. The first-order valence-electron chi connectivity index (χ1n) is 6.50. The molecule has 2 N–H and O–H groups in total. The highest BCUT2D eigenvalue weighted by Crippen LogP contribution is 2.05. The van der Waals surface area contributed by atoms with Gasteiger partial charge in [0.15, 0.2) is 0 Å². The lowest BCUT2D eigenvalue weighted by Crippen LogP contribution is -2.44. The van der Waals surface area contributed by atoms with Crippen molar-refractivity contribution in [1.82, 2.24) is 9.88 Å². The maximum Gasteiger partial charge on any atom is 0.326 e. The van der Waals surface area contributed by atoms with Crippen molar-refractivity contribution in [2.24, 2.45) is 5.92 Å². The average Bonchev–Trinajstić information content (AvgIpc) is 2.66. The van der Waals surface area contributed by atoms with E-state index in [1.807, 2.05) is 6.92 Å². The van der Waals surface area contributed by atoms with E-state index in [0.29, 0.717) is 13.0 Å². The van der Waals surface area contributed by atoms with Gasteiger partial charge in [-0.2, -0.15) is 0 Å². The summed E-state index contributed by atoms with van der Waals surface area (Å²) in [7, 11) is 0. The lowest BCUT2D eigenvalue weighted by atomic mass is 10.0. The van der Waals surface area contributed by atoms with Crippen molar-refractivity contribution in [2.75, 3.05) is 0 Å². The lowest BCUT2D eigenvalue weighted by Gasteiger charge is -2.17. The highest BCUT2D eigenvalue weighted by molar-refractivity contribution is 7.07. The molecule has 20 heavy (non-hydrogen) atoms. The highest BCUT2D eigenvalue weighted by Gasteiger charge is 2.22. The summed E-state index contributed by atoms with van der Waals surface area (Å²) in [5.41, 5.74) is 0.881. The van der Waals surface area contributed by atoms with Gasteiger partial charge in [-0.15, -0.1) is 0 Å². The molecule has 1 atom stereocenters. The van der Waals surface area contributed by atoms with Crippen LogP contribution in [0.15, 0.2) is 10.2 Å². The van der Waals surface area contributed by atoms with Crippen LogP contribution >= 0.6 is 11.3 Å². The van der Waals surface area contributed by atoms with Crippen molar-refractivity contribution in [3.8, 4) is 0 Å². The van der Waals surface area contributed by atoms with Crippen molar-refractivity contribution in [3.63, 3.8) is 0 Å². The van der Waals surface area contributed by atoms with E-state index in [0.717, 1.165) is 17.0 Å². The van der Waals surface area contributed by atoms with Gasteiger partial charge in [-0.05, 0) is 19.3 Å². The topological polar surface area (TPSA) is 88.4 Å². The number of carboxylic acid groups (broad SMARTS) is 1. The number of carboxylic acids is 1. The van der Waals surface area contributed by atoms with Gasteiger partial charge in [-0.3, -0.25) is 9.59 Å². The number of nitrogens with one attached hydrogen (secondary N) is 1. The van der Waals surface area contributed by atoms with Crippen molar-refractivity contribution in [1.29, 1.82) is 0 Å². The number of nitrogens with zero attached hydrogens (tertiary/aromatic N) is 1. The molecule has 1 aromatic rings. The number of aryl methyl sites for hydroxylation is 1. The third kappa shape index (κ3) is 4.48. The zero-order chi connectivity index (χ0) is 15.3. The minimum absolute atomic E-state index is 0.0338. The Labute approximate surface area is 121 Å². The monoisotopic (exact) mass is 300 g/mol. The molecule has 0 aromatic carbocycles. The SMILES string of the molecule is Cc1csc(=O)n1CCCC(=O)N[C@@H](C(=O)O)C(C)C. The third-order valence-corrected chi connectivity index (χ3v) is 3.89. The van der Waals surface area contributed by atoms with Crippen LogP contribution in [-0.2, 0) is 16.1 Å². The molecule has 0 bridgehead atoms. The molecule has 6 nitrogen and oxygen atoms in total. The minimum atomic E-state index is -1.03. The van der Waals surface area contributed by atoms with Gasteiger partial charge in [0.2, 0.25) is 5.91 Å². The second kappa shape index (κ2) is 7.23. The summed E-state index contributed by atoms with van der Waals surface area (Å²) < 4.78 is 1.62. The predicted octanol–water partition coefficient (Wildman–Crippen LogP) is 1.22. The first-order valence-corrected chi connectivity index (χ1v) is 7.38. The summed E-state index contributed by atoms with van der Waals surface area (Å²) in [6.07, 6.45) is 0.714. The quantitative estimate of drug-likeness (QED) is 0.792. The van der Waals surface area contributed by atoms with Crippen molar-refractivity contribution >= 4 is 23.2 Å². The van der Waals surface area contributed by atoms with Crippen molar-refractivity contribution in [2.45, 2.75) is 46.2 Å². The fraction of sp³-hybridized carbons (Fsp3) is 0.615. The summed E-state index contributed by atoms with van der Waals surface area (Å²) in [4.78, 5) is 34.1. The molecule has 112 valence electrons. The Hall–Kier alpha value is -1.63. The van der Waals surface area contributed by atoms with Crippen LogP contribution in [0.3, 0.4) is 0 Å². The van der Waals surface area contributed by atoms with Crippen LogP contribution in [0.25, 0.3) is 0 Å². The van der Waals surface area contributed by atoms with Crippen LogP contribution < -0.4 is 10.2 Å². The number of rotatable bonds is 7. The molecule has 0 aliphatic rings.